The molecule has 1 heterocycles. The van der Waals surface area contributed by atoms with Crippen LogP contribution in [0.5, 0.6) is 0 Å². The van der Waals surface area contributed by atoms with Crippen molar-refractivity contribution in [2.24, 2.45) is 0 Å². The molecule has 10 heavy (non-hydrogen) atoms. The Hall–Kier alpha value is -0.610. The second-order valence-corrected chi connectivity index (χ2v) is 2.83. The first-order chi connectivity index (χ1) is 4.72. The summed E-state index contributed by atoms with van der Waals surface area (Å²) in [4.78, 5) is 5.20. The summed E-state index contributed by atoms with van der Waals surface area (Å²) in [6.07, 6.45) is 5.08. The third-order valence-corrected chi connectivity index (χ3v) is 1.88. The maximum absolute atomic E-state index is 4.98. The smallest absolute Gasteiger partial charge is 0.124 e. The van der Waals surface area contributed by atoms with Gasteiger partial charge in [-0.05, 0) is 6.92 Å². The van der Waals surface area contributed by atoms with Crippen LogP contribution in [0.4, 0.5) is 0 Å². The maximum atomic E-state index is 4.98. The first-order valence-corrected chi connectivity index (χ1v) is 3.56. The number of hydrogen-bond donors (Lipinski definition) is 0. The SMILES string of the molecule is CC(=S)C(=S)n1ccnc1. The summed E-state index contributed by atoms with van der Waals surface area (Å²) in [6, 6.07) is 0. The van der Waals surface area contributed by atoms with E-state index < -0.39 is 0 Å². The highest BCUT2D eigenvalue weighted by molar-refractivity contribution is 7.89. The average Bonchev–Trinajstić information content (AvgIpc) is 2.36. The number of aromatic nitrogens is 2. The Morgan fingerprint density at radius 3 is 2.60 bits per heavy atom. The van der Waals surface area contributed by atoms with Crippen molar-refractivity contribution >= 4 is 34.3 Å². The van der Waals surface area contributed by atoms with Gasteiger partial charge in [-0.15, -0.1) is 0 Å². The molecule has 0 saturated carbocycles. The van der Waals surface area contributed by atoms with Crippen LogP contribution in [0.25, 0.3) is 0 Å². The lowest BCUT2D eigenvalue weighted by Gasteiger charge is -1.98. The summed E-state index contributed by atoms with van der Waals surface area (Å²) in [7, 11) is 0. The van der Waals surface area contributed by atoms with E-state index in [2.05, 4.69) is 4.98 Å². The molecule has 0 aliphatic heterocycles. The molecular weight excluding hydrogens is 164 g/mol. The highest BCUT2D eigenvalue weighted by Crippen LogP contribution is 1.90. The van der Waals surface area contributed by atoms with Crippen molar-refractivity contribution in [2.45, 2.75) is 6.92 Å². The van der Waals surface area contributed by atoms with Gasteiger partial charge in [0.1, 0.15) is 4.99 Å². The van der Waals surface area contributed by atoms with Crippen molar-refractivity contribution in [3.05, 3.63) is 18.7 Å². The molecule has 0 bridgehead atoms. The second-order valence-electron chi connectivity index (χ2n) is 1.83. The van der Waals surface area contributed by atoms with E-state index in [1.165, 1.54) is 0 Å². The predicted octanol–water partition coefficient (Wildman–Crippen LogP) is 1.45. The van der Waals surface area contributed by atoms with Crippen molar-refractivity contribution in [2.75, 3.05) is 0 Å². The third kappa shape index (κ3) is 1.46. The molecule has 0 radical (unpaired) electrons. The van der Waals surface area contributed by atoms with E-state index in [1.54, 1.807) is 30.2 Å². The van der Waals surface area contributed by atoms with Crippen LogP contribution in [-0.4, -0.2) is 19.4 Å². The Bertz CT molecular complexity index is 251. The predicted molar refractivity (Wildman–Crippen MR) is 48.5 cm³/mol. The number of imidazole rings is 1. The first-order valence-electron chi connectivity index (χ1n) is 2.75. The molecule has 1 rings (SSSR count). The number of nitrogens with zero attached hydrogens (tertiary/aromatic N) is 2. The minimum atomic E-state index is 0.646. The molecule has 2 nitrogen and oxygen atoms in total. The molecule has 0 fully saturated rings. The molecule has 1 aromatic heterocycles. The first kappa shape index (κ1) is 7.50. The van der Waals surface area contributed by atoms with E-state index in [-0.39, 0.29) is 0 Å². The van der Waals surface area contributed by atoms with Gasteiger partial charge in [0.15, 0.2) is 0 Å². The zero-order valence-electron chi connectivity index (χ0n) is 5.44. The lowest BCUT2D eigenvalue weighted by Crippen LogP contribution is -2.13. The molecule has 1 aromatic rings. The molecule has 0 spiro atoms. The van der Waals surface area contributed by atoms with Gasteiger partial charge in [0.05, 0.1) is 6.33 Å². The summed E-state index contributed by atoms with van der Waals surface area (Å²) in [6.45, 7) is 1.80. The molecular formula is C6H6N2S2. The molecule has 52 valence electrons. The van der Waals surface area contributed by atoms with Crippen LogP contribution in [0.1, 0.15) is 6.92 Å². The van der Waals surface area contributed by atoms with Crippen molar-refractivity contribution in [3.8, 4) is 0 Å². The minimum absolute atomic E-state index is 0.646. The lowest BCUT2D eigenvalue weighted by molar-refractivity contribution is 1.17. The van der Waals surface area contributed by atoms with Crippen LogP contribution in [0.2, 0.25) is 0 Å². The van der Waals surface area contributed by atoms with Gasteiger partial charge in [-0.25, -0.2) is 4.98 Å². The molecule has 0 unspecified atom stereocenters. The number of hydrogen-bond acceptors (Lipinski definition) is 3. The largest absolute Gasteiger partial charge is 0.296 e. The van der Waals surface area contributed by atoms with Gasteiger partial charge in [-0.1, -0.05) is 24.4 Å². The van der Waals surface area contributed by atoms with Gasteiger partial charge in [-0.2, -0.15) is 0 Å². The molecule has 0 aliphatic carbocycles. The van der Waals surface area contributed by atoms with E-state index in [0.29, 0.717) is 9.85 Å². The Balaban J connectivity index is 2.88. The van der Waals surface area contributed by atoms with Crippen molar-refractivity contribution in [1.29, 1.82) is 0 Å². The zero-order valence-corrected chi connectivity index (χ0v) is 7.08. The van der Waals surface area contributed by atoms with Crippen LogP contribution >= 0.6 is 24.4 Å². The molecule has 4 heteroatoms. The summed E-state index contributed by atoms with van der Waals surface area (Å²) in [5, 5.41) is 0. The second kappa shape index (κ2) is 2.98. The van der Waals surface area contributed by atoms with Crippen molar-refractivity contribution in [1.82, 2.24) is 9.55 Å². The fourth-order valence-electron chi connectivity index (χ4n) is 0.561. The quantitative estimate of drug-likeness (QED) is 0.594. The molecule has 0 aromatic carbocycles. The van der Waals surface area contributed by atoms with Crippen LogP contribution in [-0.2, 0) is 0 Å². The van der Waals surface area contributed by atoms with Crippen molar-refractivity contribution < 1.29 is 0 Å². The van der Waals surface area contributed by atoms with Gasteiger partial charge in [0.2, 0.25) is 0 Å². The zero-order chi connectivity index (χ0) is 7.56. The molecule has 0 aliphatic rings. The molecule has 0 N–H and O–H groups in total. The van der Waals surface area contributed by atoms with E-state index >= 15 is 0 Å². The topological polar surface area (TPSA) is 17.8 Å². The lowest BCUT2D eigenvalue weighted by atomic mass is 10.5. The van der Waals surface area contributed by atoms with Crippen LogP contribution in [0, 0.1) is 0 Å². The Morgan fingerprint density at radius 2 is 2.20 bits per heavy atom. The fraction of sp³-hybridized carbons (Fsp3) is 0.167. The van der Waals surface area contributed by atoms with E-state index in [1.807, 2.05) is 0 Å². The highest BCUT2D eigenvalue weighted by Gasteiger charge is 1.98. The summed E-state index contributed by atoms with van der Waals surface area (Å²) >= 11 is 9.86. The van der Waals surface area contributed by atoms with Gasteiger partial charge in [0, 0.05) is 17.3 Å². The summed E-state index contributed by atoms with van der Waals surface area (Å²) in [5.74, 6) is 0. The van der Waals surface area contributed by atoms with Crippen molar-refractivity contribution in [3.63, 3.8) is 0 Å². The minimum Gasteiger partial charge on any atom is -0.296 e. The molecule has 0 saturated heterocycles. The number of thiocarbonyl (C=S) groups is 2. The Labute approximate surface area is 69.9 Å². The maximum Gasteiger partial charge on any atom is 0.124 e. The summed E-state index contributed by atoms with van der Waals surface area (Å²) < 4.78 is 1.72. The van der Waals surface area contributed by atoms with Crippen LogP contribution in [0.15, 0.2) is 18.7 Å². The van der Waals surface area contributed by atoms with Gasteiger partial charge in [0.25, 0.3) is 0 Å². The average molecular weight is 170 g/mol. The third-order valence-electron chi connectivity index (χ3n) is 1.04. The highest BCUT2D eigenvalue weighted by atomic mass is 32.1. The van der Waals surface area contributed by atoms with E-state index in [0.717, 1.165) is 0 Å². The van der Waals surface area contributed by atoms with E-state index in [9.17, 15) is 0 Å². The van der Waals surface area contributed by atoms with E-state index in [4.69, 9.17) is 24.4 Å². The monoisotopic (exact) mass is 170 g/mol. The molecule has 0 amide bonds. The van der Waals surface area contributed by atoms with Gasteiger partial charge in [-0.3, -0.25) is 4.57 Å². The van der Waals surface area contributed by atoms with Crippen LogP contribution < -0.4 is 0 Å². The Kier molecular flexibility index (Phi) is 2.24. The Morgan fingerprint density at radius 1 is 1.50 bits per heavy atom. The van der Waals surface area contributed by atoms with Crippen LogP contribution in [0.3, 0.4) is 0 Å². The summed E-state index contributed by atoms with van der Waals surface area (Å²) in [5.41, 5.74) is 0. The van der Waals surface area contributed by atoms with Gasteiger partial charge >= 0.3 is 0 Å². The fourth-order valence-corrected chi connectivity index (χ4v) is 0.774. The molecule has 0 atom stereocenters. The van der Waals surface area contributed by atoms with Gasteiger partial charge < -0.3 is 0 Å². The normalized spacial score (nSPS) is 9.30. The number of rotatable bonds is 1. The standard InChI is InChI=1S/C6H6N2S2/c1-5(9)6(10)8-3-2-7-4-8/h2-4H,1H3.